The van der Waals surface area contributed by atoms with Gasteiger partial charge in [-0.25, -0.2) is 0 Å². The molecule has 1 rings (SSSR count). The average molecular weight is 196 g/mol. The Kier molecular flexibility index (Phi) is 3.99. The first-order valence-corrected chi connectivity index (χ1v) is 5.16. The van der Waals surface area contributed by atoms with E-state index in [0.717, 1.165) is 11.8 Å². The third-order valence-electron chi connectivity index (χ3n) is 1.82. The largest absolute Gasteiger partial charge is 0.369 e. The molecule has 0 fully saturated rings. The molecule has 0 aromatic heterocycles. The quantitative estimate of drug-likeness (QED) is 0.546. The SMILES string of the molecule is COC(C=O)c1ccc(SC)cc1. The molecule has 2 nitrogen and oxygen atoms in total. The first kappa shape index (κ1) is 10.3. The first-order chi connectivity index (χ1) is 6.31. The molecular weight excluding hydrogens is 184 g/mol. The van der Waals surface area contributed by atoms with Gasteiger partial charge in [0.25, 0.3) is 0 Å². The van der Waals surface area contributed by atoms with Crippen LogP contribution in [0.3, 0.4) is 0 Å². The highest BCUT2D eigenvalue weighted by Crippen LogP contribution is 2.19. The van der Waals surface area contributed by atoms with Gasteiger partial charge in [0.05, 0.1) is 0 Å². The number of rotatable bonds is 4. The van der Waals surface area contributed by atoms with Crippen molar-refractivity contribution >= 4 is 18.0 Å². The number of benzene rings is 1. The van der Waals surface area contributed by atoms with Crippen molar-refractivity contribution in [2.75, 3.05) is 13.4 Å². The molecule has 0 aliphatic carbocycles. The topological polar surface area (TPSA) is 26.3 Å². The molecule has 0 saturated heterocycles. The zero-order valence-corrected chi connectivity index (χ0v) is 8.51. The van der Waals surface area contributed by atoms with Gasteiger partial charge in [0.2, 0.25) is 0 Å². The number of ether oxygens (including phenoxy) is 1. The van der Waals surface area contributed by atoms with Gasteiger partial charge in [0, 0.05) is 12.0 Å². The van der Waals surface area contributed by atoms with E-state index >= 15 is 0 Å². The summed E-state index contributed by atoms with van der Waals surface area (Å²) < 4.78 is 4.98. The second-order valence-electron chi connectivity index (χ2n) is 2.57. The fourth-order valence-electron chi connectivity index (χ4n) is 1.06. The van der Waals surface area contributed by atoms with Crippen molar-refractivity contribution in [3.63, 3.8) is 0 Å². The summed E-state index contributed by atoms with van der Waals surface area (Å²) in [6.45, 7) is 0. The number of hydrogen-bond donors (Lipinski definition) is 0. The van der Waals surface area contributed by atoms with Crippen LogP contribution in [0, 0.1) is 0 Å². The molecule has 0 amide bonds. The first-order valence-electron chi connectivity index (χ1n) is 3.94. The standard InChI is InChI=1S/C10H12O2S/c1-12-10(7-11)8-3-5-9(13-2)6-4-8/h3-7,10H,1-2H3. The lowest BCUT2D eigenvalue weighted by atomic mass is 10.1. The van der Waals surface area contributed by atoms with Crippen LogP contribution in [0.4, 0.5) is 0 Å². The minimum Gasteiger partial charge on any atom is -0.369 e. The van der Waals surface area contributed by atoms with Crippen LogP contribution in [0.2, 0.25) is 0 Å². The average Bonchev–Trinajstić information content (AvgIpc) is 2.21. The Morgan fingerprint density at radius 3 is 2.38 bits per heavy atom. The lowest BCUT2D eigenvalue weighted by molar-refractivity contribution is -0.116. The molecule has 0 spiro atoms. The number of thioether (sulfide) groups is 1. The van der Waals surface area contributed by atoms with Crippen LogP contribution in [0.15, 0.2) is 29.2 Å². The number of methoxy groups -OCH3 is 1. The molecule has 1 aromatic rings. The van der Waals surface area contributed by atoms with Crippen molar-refractivity contribution < 1.29 is 9.53 Å². The van der Waals surface area contributed by atoms with Crippen LogP contribution in [0.1, 0.15) is 11.7 Å². The molecule has 1 aromatic carbocycles. The maximum atomic E-state index is 10.6. The second kappa shape index (κ2) is 5.04. The van der Waals surface area contributed by atoms with Crippen molar-refractivity contribution in [3.8, 4) is 0 Å². The van der Waals surface area contributed by atoms with E-state index in [1.165, 1.54) is 12.0 Å². The molecule has 0 N–H and O–H groups in total. The summed E-state index contributed by atoms with van der Waals surface area (Å²) in [5, 5.41) is 0. The van der Waals surface area contributed by atoms with Crippen LogP contribution >= 0.6 is 11.8 Å². The Morgan fingerprint density at radius 2 is 2.00 bits per heavy atom. The zero-order valence-electron chi connectivity index (χ0n) is 7.69. The van der Waals surface area contributed by atoms with E-state index in [1.807, 2.05) is 30.5 Å². The van der Waals surface area contributed by atoms with Crippen LogP contribution in [-0.4, -0.2) is 19.7 Å². The number of carbonyl (C=O) groups is 1. The molecule has 13 heavy (non-hydrogen) atoms. The monoisotopic (exact) mass is 196 g/mol. The van der Waals surface area contributed by atoms with Gasteiger partial charge < -0.3 is 9.53 Å². The van der Waals surface area contributed by atoms with E-state index in [4.69, 9.17) is 4.74 Å². The molecule has 0 bridgehead atoms. The van der Waals surface area contributed by atoms with E-state index in [2.05, 4.69) is 0 Å². The Hall–Kier alpha value is -0.800. The van der Waals surface area contributed by atoms with Gasteiger partial charge in [-0.15, -0.1) is 11.8 Å². The molecule has 1 atom stereocenters. The highest BCUT2D eigenvalue weighted by Gasteiger charge is 2.07. The number of carbonyl (C=O) groups excluding carboxylic acids is 1. The van der Waals surface area contributed by atoms with E-state index in [-0.39, 0.29) is 0 Å². The molecule has 3 heteroatoms. The predicted octanol–water partition coefficient (Wildman–Crippen LogP) is 2.29. The summed E-state index contributed by atoms with van der Waals surface area (Å²) in [4.78, 5) is 11.7. The summed E-state index contributed by atoms with van der Waals surface area (Å²) in [5.41, 5.74) is 0.898. The van der Waals surface area contributed by atoms with E-state index < -0.39 is 6.10 Å². The van der Waals surface area contributed by atoms with Crippen molar-refractivity contribution in [3.05, 3.63) is 29.8 Å². The molecule has 70 valence electrons. The van der Waals surface area contributed by atoms with Crippen LogP contribution in [0.25, 0.3) is 0 Å². The highest BCUT2D eigenvalue weighted by molar-refractivity contribution is 7.98. The van der Waals surface area contributed by atoms with Gasteiger partial charge >= 0.3 is 0 Å². The van der Waals surface area contributed by atoms with Gasteiger partial charge in [-0.05, 0) is 24.0 Å². The van der Waals surface area contributed by atoms with Crippen LogP contribution < -0.4 is 0 Å². The van der Waals surface area contributed by atoms with Crippen molar-refractivity contribution in [2.45, 2.75) is 11.0 Å². The fourth-order valence-corrected chi connectivity index (χ4v) is 1.47. The van der Waals surface area contributed by atoms with Crippen LogP contribution in [0.5, 0.6) is 0 Å². The Balaban J connectivity index is 2.83. The molecular formula is C10H12O2S. The predicted molar refractivity (Wildman–Crippen MR) is 54.0 cm³/mol. The molecule has 0 radical (unpaired) electrons. The number of aldehydes is 1. The van der Waals surface area contributed by atoms with Crippen molar-refractivity contribution in [1.29, 1.82) is 0 Å². The normalized spacial score (nSPS) is 12.5. The summed E-state index contributed by atoms with van der Waals surface area (Å²) in [6.07, 6.45) is 2.38. The molecule has 0 aliphatic heterocycles. The lowest BCUT2D eigenvalue weighted by Gasteiger charge is -2.08. The molecule has 0 aliphatic rings. The zero-order chi connectivity index (χ0) is 9.68. The summed E-state index contributed by atoms with van der Waals surface area (Å²) in [6, 6.07) is 7.79. The second-order valence-corrected chi connectivity index (χ2v) is 3.45. The third kappa shape index (κ3) is 2.57. The Morgan fingerprint density at radius 1 is 1.38 bits per heavy atom. The van der Waals surface area contributed by atoms with Gasteiger partial charge in [-0.1, -0.05) is 12.1 Å². The fraction of sp³-hybridized carbons (Fsp3) is 0.300. The van der Waals surface area contributed by atoms with Crippen molar-refractivity contribution in [1.82, 2.24) is 0 Å². The minimum absolute atomic E-state index is 0.434. The summed E-state index contributed by atoms with van der Waals surface area (Å²) >= 11 is 1.68. The van der Waals surface area contributed by atoms with Crippen molar-refractivity contribution in [2.24, 2.45) is 0 Å². The van der Waals surface area contributed by atoms with E-state index in [1.54, 1.807) is 11.8 Å². The minimum atomic E-state index is -0.434. The van der Waals surface area contributed by atoms with E-state index in [9.17, 15) is 4.79 Å². The Labute approximate surface area is 82.3 Å². The summed E-state index contributed by atoms with van der Waals surface area (Å²) in [7, 11) is 1.53. The molecule has 0 saturated carbocycles. The maximum Gasteiger partial charge on any atom is 0.153 e. The smallest absolute Gasteiger partial charge is 0.153 e. The van der Waals surface area contributed by atoms with Gasteiger partial charge in [-0.3, -0.25) is 0 Å². The van der Waals surface area contributed by atoms with E-state index in [0.29, 0.717) is 0 Å². The van der Waals surface area contributed by atoms with Gasteiger partial charge in [0.1, 0.15) is 6.10 Å². The molecule has 0 heterocycles. The Bertz CT molecular complexity index is 269. The van der Waals surface area contributed by atoms with Gasteiger partial charge in [0.15, 0.2) is 6.29 Å². The number of hydrogen-bond acceptors (Lipinski definition) is 3. The van der Waals surface area contributed by atoms with Crippen LogP contribution in [-0.2, 0) is 9.53 Å². The lowest BCUT2D eigenvalue weighted by Crippen LogP contribution is -2.01. The highest BCUT2D eigenvalue weighted by atomic mass is 32.2. The molecule has 1 unspecified atom stereocenters. The third-order valence-corrected chi connectivity index (χ3v) is 2.57. The maximum absolute atomic E-state index is 10.6. The van der Waals surface area contributed by atoms with Gasteiger partial charge in [-0.2, -0.15) is 0 Å². The summed E-state index contributed by atoms with van der Waals surface area (Å²) in [5.74, 6) is 0.